The zero-order valence-electron chi connectivity index (χ0n) is 17.1. The summed E-state index contributed by atoms with van der Waals surface area (Å²) in [7, 11) is 0. The molecule has 0 amide bonds. The van der Waals surface area contributed by atoms with E-state index in [1.807, 2.05) is 0 Å². The van der Waals surface area contributed by atoms with E-state index in [1.54, 1.807) is 0 Å². The standard InChI is InChI=1S/C22H28F2O4S/c1-13-4-14(2)18(15(3)5-13)21-9-16-6-17(10-21)8-20(7-16,11-21)12-27-19(25)22(23,24)29-28-26/h4-5,16-17,26H,6-12H2,1-3H3/p-1. The molecule has 2 atom stereocenters. The summed E-state index contributed by atoms with van der Waals surface area (Å²) < 4.78 is 35.5. The number of aryl methyl sites for hydroxylation is 3. The van der Waals surface area contributed by atoms with Gasteiger partial charge in [-0.2, -0.15) is 8.78 Å². The van der Waals surface area contributed by atoms with E-state index in [2.05, 4.69) is 37.2 Å². The van der Waals surface area contributed by atoms with Gasteiger partial charge in [-0.15, -0.1) is 0 Å². The van der Waals surface area contributed by atoms with Crippen molar-refractivity contribution in [1.29, 1.82) is 0 Å². The Hall–Kier alpha value is -1.18. The molecule has 0 aliphatic heterocycles. The van der Waals surface area contributed by atoms with Crippen molar-refractivity contribution in [2.75, 3.05) is 6.61 Å². The van der Waals surface area contributed by atoms with E-state index in [1.165, 1.54) is 28.7 Å². The first-order chi connectivity index (χ1) is 13.6. The summed E-state index contributed by atoms with van der Waals surface area (Å²) in [6.07, 6.45) is 6.12. The Morgan fingerprint density at radius 2 is 1.76 bits per heavy atom. The Bertz CT molecular complexity index is 788. The highest BCUT2D eigenvalue weighted by atomic mass is 32.2. The molecule has 4 saturated carbocycles. The van der Waals surface area contributed by atoms with Gasteiger partial charge in [-0.05, 0) is 93.2 Å². The van der Waals surface area contributed by atoms with Crippen LogP contribution in [0.2, 0.25) is 0 Å². The first-order valence-electron chi connectivity index (χ1n) is 10.2. The number of esters is 1. The third-order valence-electron chi connectivity index (χ3n) is 7.28. The first-order valence-corrected chi connectivity index (χ1v) is 10.9. The van der Waals surface area contributed by atoms with Crippen LogP contribution in [-0.4, -0.2) is 17.8 Å². The monoisotopic (exact) mass is 425 g/mol. The fourth-order valence-corrected chi connectivity index (χ4v) is 7.52. The van der Waals surface area contributed by atoms with Crippen LogP contribution in [0.15, 0.2) is 12.1 Å². The van der Waals surface area contributed by atoms with Gasteiger partial charge in [0.2, 0.25) is 0 Å². The molecule has 160 valence electrons. The predicted molar refractivity (Wildman–Crippen MR) is 104 cm³/mol. The molecule has 4 nitrogen and oxygen atoms in total. The second-order valence-corrected chi connectivity index (χ2v) is 10.6. The van der Waals surface area contributed by atoms with E-state index < -0.39 is 23.3 Å². The van der Waals surface area contributed by atoms with Gasteiger partial charge in [0.1, 0.15) is 0 Å². The fourth-order valence-electron chi connectivity index (χ4n) is 7.31. The van der Waals surface area contributed by atoms with Crippen molar-refractivity contribution in [2.24, 2.45) is 17.3 Å². The lowest BCUT2D eigenvalue weighted by atomic mass is 9.42. The Morgan fingerprint density at radius 1 is 1.17 bits per heavy atom. The number of hydrogen-bond acceptors (Lipinski definition) is 5. The summed E-state index contributed by atoms with van der Waals surface area (Å²) in [6.45, 7) is 6.43. The maximum absolute atomic E-state index is 13.6. The van der Waals surface area contributed by atoms with Gasteiger partial charge in [-0.1, -0.05) is 17.7 Å². The average molecular weight is 426 g/mol. The van der Waals surface area contributed by atoms with Crippen LogP contribution in [0.4, 0.5) is 8.78 Å². The van der Waals surface area contributed by atoms with Gasteiger partial charge < -0.3 is 14.3 Å². The van der Waals surface area contributed by atoms with Crippen molar-refractivity contribution in [1.82, 2.24) is 0 Å². The van der Waals surface area contributed by atoms with Crippen LogP contribution in [-0.2, 0) is 19.3 Å². The number of hydrogen-bond donors (Lipinski definition) is 0. The fraction of sp³-hybridized carbons (Fsp3) is 0.682. The molecule has 4 aliphatic rings. The largest absolute Gasteiger partial charge is 0.710 e. The quantitative estimate of drug-likeness (QED) is 0.290. The zero-order valence-corrected chi connectivity index (χ0v) is 17.9. The number of carbonyl (C=O) groups excluding carboxylic acids is 1. The van der Waals surface area contributed by atoms with Gasteiger partial charge in [0.15, 0.2) is 0 Å². The van der Waals surface area contributed by atoms with Crippen molar-refractivity contribution in [2.45, 2.75) is 70.0 Å². The molecule has 0 saturated heterocycles. The second kappa shape index (κ2) is 7.20. The van der Waals surface area contributed by atoms with Crippen LogP contribution in [0.3, 0.4) is 0 Å². The third-order valence-corrected chi connectivity index (χ3v) is 7.72. The topological polar surface area (TPSA) is 58.6 Å². The molecule has 0 aromatic heterocycles. The molecule has 1 aromatic carbocycles. The number of benzene rings is 1. The Morgan fingerprint density at radius 3 is 2.31 bits per heavy atom. The molecule has 4 fully saturated rings. The smallest absolute Gasteiger partial charge is 0.412 e. The number of carbonyl (C=O) groups is 1. The minimum absolute atomic E-state index is 0.0143. The summed E-state index contributed by atoms with van der Waals surface area (Å²) in [5, 5.41) is 6.06. The molecule has 4 aliphatic carbocycles. The molecule has 0 radical (unpaired) electrons. The molecule has 7 heteroatoms. The lowest BCUT2D eigenvalue weighted by molar-refractivity contribution is -0.630. The van der Waals surface area contributed by atoms with Gasteiger partial charge in [0.05, 0.1) is 18.6 Å². The molecule has 29 heavy (non-hydrogen) atoms. The lowest BCUT2D eigenvalue weighted by Crippen LogP contribution is -2.56. The van der Waals surface area contributed by atoms with Crippen molar-refractivity contribution < 1.29 is 27.9 Å². The van der Waals surface area contributed by atoms with Crippen LogP contribution >= 0.6 is 12.0 Å². The predicted octanol–water partition coefficient (Wildman–Crippen LogP) is 4.53. The minimum Gasteiger partial charge on any atom is -0.710 e. The lowest BCUT2D eigenvalue weighted by Gasteiger charge is -2.62. The molecule has 5 rings (SSSR count). The van der Waals surface area contributed by atoms with E-state index in [0.717, 1.165) is 32.1 Å². The average Bonchev–Trinajstić information content (AvgIpc) is 2.57. The van der Waals surface area contributed by atoms with Crippen molar-refractivity contribution >= 4 is 18.0 Å². The highest BCUT2D eigenvalue weighted by Crippen LogP contribution is 2.66. The molecule has 0 heterocycles. The zero-order chi connectivity index (χ0) is 21.0. The second-order valence-electron chi connectivity index (χ2n) is 9.76. The maximum atomic E-state index is 13.6. The van der Waals surface area contributed by atoms with E-state index in [9.17, 15) is 18.8 Å². The normalized spacial score (nSPS) is 33.2. The Balaban J connectivity index is 1.61. The highest BCUT2D eigenvalue weighted by molar-refractivity contribution is 7.96. The molecular formula is C22H27F2O4S-. The van der Waals surface area contributed by atoms with E-state index in [4.69, 9.17) is 4.74 Å². The molecule has 0 spiro atoms. The highest BCUT2D eigenvalue weighted by Gasteiger charge is 2.59. The summed E-state index contributed by atoms with van der Waals surface area (Å²) >= 11 is -0.703. The van der Waals surface area contributed by atoms with Gasteiger partial charge in [0.25, 0.3) is 0 Å². The molecule has 0 N–H and O–H groups in total. The SMILES string of the molecule is Cc1cc(C)c(C23CC4CC(CC(COC(=O)C(F)(F)SO[O-])(C4)C2)C3)c(C)c1. The summed E-state index contributed by atoms with van der Waals surface area (Å²) in [6, 6.07) is 4.46. The van der Waals surface area contributed by atoms with Crippen LogP contribution < -0.4 is 5.26 Å². The minimum atomic E-state index is -3.98. The number of rotatable bonds is 6. The van der Waals surface area contributed by atoms with Gasteiger partial charge in [-0.3, -0.25) is 0 Å². The number of halogens is 2. The summed E-state index contributed by atoms with van der Waals surface area (Å²) in [5.41, 5.74) is 5.03. The number of alkyl halides is 2. The van der Waals surface area contributed by atoms with Crippen LogP contribution in [0, 0.1) is 38.0 Å². The van der Waals surface area contributed by atoms with Crippen molar-refractivity contribution in [3.05, 3.63) is 34.4 Å². The summed E-state index contributed by atoms with van der Waals surface area (Å²) in [5.74, 6) is -0.615. The Kier molecular flexibility index (Phi) is 5.23. The number of ether oxygens (including phenoxy) is 1. The van der Waals surface area contributed by atoms with Gasteiger partial charge in [0, 0.05) is 5.41 Å². The Labute approximate surface area is 174 Å². The van der Waals surface area contributed by atoms with Gasteiger partial charge in [-0.25, -0.2) is 4.79 Å². The van der Waals surface area contributed by atoms with Gasteiger partial charge >= 0.3 is 11.2 Å². The molecular weight excluding hydrogens is 398 g/mol. The van der Waals surface area contributed by atoms with Crippen LogP contribution in [0.25, 0.3) is 0 Å². The molecule has 1 aromatic rings. The summed E-state index contributed by atoms with van der Waals surface area (Å²) in [4.78, 5) is 11.8. The van der Waals surface area contributed by atoms with Crippen LogP contribution in [0.5, 0.6) is 0 Å². The van der Waals surface area contributed by atoms with Crippen molar-refractivity contribution in [3.8, 4) is 0 Å². The molecule has 4 bridgehead atoms. The van der Waals surface area contributed by atoms with E-state index in [-0.39, 0.29) is 17.4 Å². The van der Waals surface area contributed by atoms with Crippen LogP contribution in [0.1, 0.15) is 60.8 Å². The third kappa shape index (κ3) is 3.70. The van der Waals surface area contributed by atoms with E-state index >= 15 is 0 Å². The van der Waals surface area contributed by atoms with E-state index in [0.29, 0.717) is 11.8 Å². The molecule has 2 unspecified atom stereocenters. The van der Waals surface area contributed by atoms with Crippen molar-refractivity contribution in [3.63, 3.8) is 0 Å². The maximum Gasteiger partial charge on any atom is 0.412 e. The first kappa shape index (κ1) is 21.1.